The maximum atomic E-state index is 3.75. The van der Waals surface area contributed by atoms with Crippen molar-refractivity contribution in [3.8, 4) is 0 Å². The van der Waals surface area contributed by atoms with Gasteiger partial charge in [0.2, 0.25) is 0 Å². The molecule has 0 amide bonds. The van der Waals surface area contributed by atoms with E-state index in [0.29, 0.717) is 11.5 Å². The van der Waals surface area contributed by atoms with Crippen LogP contribution in [0.2, 0.25) is 0 Å². The maximum Gasteiger partial charge on any atom is 0.0381 e. The molecule has 0 saturated heterocycles. The van der Waals surface area contributed by atoms with Crippen LogP contribution in [0, 0.1) is 5.41 Å². The van der Waals surface area contributed by atoms with E-state index >= 15 is 0 Å². The van der Waals surface area contributed by atoms with Crippen molar-refractivity contribution in [2.45, 2.75) is 71.8 Å². The topological polar surface area (TPSA) is 12.0 Å². The third-order valence-electron chi connectivity index (χ3n) is 4.25. The molecule has 1 aliphatic heterocycles. The molecule has 1 nitrogen and oxygen atoms in total. The average Bonchev–Trinajstić information content (AvgIpc) is 2.28. The molecule has 2 atom stereocenters. The van der Waals surface area contributed by atoms with Crippen LogP contribution in [0.25, 0.3) is 0 Å². The zero-order valence-electron chi connectivity index (χ0n) is 13.5. The van der Waals surface area contributed by atoms with Crippen molar-refractivity contribution in [3.05, 3.63) is 28.2 Å². The Balaban J connectivity index is 2.41. The molecule has 1 N–H and O–H groups in total. The summed E-state index contributed by atoms with van der Waals surface area (Å²) in [6.07, 6.45) is 4.97. The normalized spacial score (nSPS) is 26.0. The Morgan fingerprint density at radius 3 is 2.65 bits per heavy atom. The van der Waals surface area contributed by atoms with E-state index in [-0.39, 0.29) is 5.41 Å². The van der Waals surface area contributed by atoms with Gasteiger partial charge in [0.15, 0.2) is 0 Å². The van der Waals surface area contributed by atoms with Crippen LogP contribution in [0.1, 0.15) is 65.9 Å². The lowest BCUT2D eigenvalue weighted by atomic mass is 9.65. The molecule has 2 heteroatoms. The third-order valence-corrected chi connectivity index (χ3v) is 4.74. The molecule has 1 aliphatic rings. The third kappa shape index (κ3) is 3.58. The summed E-state index contributed by atoms with van der Waals surface area (Å²) in [5.41, 5.74) is 3.43. The highest BCUT2D eigenvalue weighted by Gasteiger charge is 2.38. The zero-order valence-corrected chi connectivity index (χ0v) is 15.1. The predicted molar refractivity (Wildman–Crippen MR) is 92.5 cm³/mol. The van der Waals surface area contributed by atoms with Gasteiger partial charge >= 0.3 is 0 Å². The number of hydrogen-bond acceptors (Lipinski definition) is 1. The molecule has 0 unspecified atom stereocenters. The molecule has 112 valence electrons. The molecule has 1 heterocycles. The second-order valence-corrected chi connectivity index (χ2v) is 8.74. The first-order chi connectivity index (χ1) is 9.23. The molecule has 0 saturated carbocycles. The SMILES string of the molecule is CCC[C@@H]1C[C@@](C)(CC(C)(C)C)c2cc(Br)ccc2N1. The molecule has 2 rings (SSSR count). The van der Waals surface area contributed by atoms with Gasteiger partial charge in [-0.1, -0.05) is 57.0 Å². The van der Waals surface area contributed by atoms with Crippen LogP contribution in [-0.2, 0) is 5.41 Å². The fraction of sp³-hybridized carbons (Fsp3) is 0.667. The first-order valence-corrected chi connectivity index (χ1v) is 8.59. The first-order valence-electron chi connectivity index (χ1n) is 7.80. The molecule has 0 spiro atoms. The van der Waals surface area contributed by atoms with Gasteiger partial charge in [-0.25, -0.2) is 0 Å². The Hall–Kier alpha value is -0.500. The fourth-order valence-electron chi connectivity index (χ4n) is 3.93. The van der Waals surface area contributed by atoms with Crippen molar-refractivity contribution < 1.29 is 0 Å². The van der Waals surface area contributed by atoms with Gasteiger partial charge in [-0.05, 0) is 53.9 Å². The van der Waals surface area contributed by atoms with E-state index in [0.717, 1.165) is 0 Å². The van der Waals surface area contributed by atoms with E-state index in [1.165, 1.54) is 41.4 Å². The molecule has 0 fully saturated rings. The fourth-order valence-corrected chi connectivity index (χ4v) is 4.29. The predicted octanol–water partition coefficient (Wildman–Crippen LogP) is 6.13. The summed E-state index contributed by atoms with van der Waals surface area (Å²) in [7, 11) is 0. The molecular weight excluding hydrogens is 310 g/mol. The number of rotatable bonds is 3. The highest BCUT2D eigenvalue weighted by Crippen LogP contribution is 2.47. The standard InChI is InChI=1S/C18H28BrN/c1-6-7-14-11-18(5,12-17(2,3)4)15-10-13(19)8-9-16(15)20-14/h8-10,14,20H,6-7,11-12H2,1-5H3/t14-,18+/m1/s1. The van der Waals surface area contributed by atoms with Crippen molar-refractivity contribution in [3.63, 3.8) is 0 Å². The van der Waals surface area contributed by atoms with E-state index in [4.69, 9.17) is 0 Å². The Kier molecular flexibility index (Phi) is 4.53. The summed E-state index contributed by atoms with van der Waals surface area (Å²) in [4.78, 5) is 0. The number of hydrogen-bond donors (Lipinski definition) is 1. The number of halogens is 1. The summed E-state index contributed by atoms with van der Waals surface area (Å²) in [5.74, 6) is 0. The smallest absolute Gasteiger partial charge is 0.0381 e. The van der Waals surface area contributed by atoms with Gasteiger partial charge < -0.3 is 5.32 Å². The Morgan fingerprint density at radius 2 is 2.05 bits per heavy atom. The highest BCUT2D eigenvalue weighted by atomic mass is 79.9. The number of anilines is 1. The number of fused-ring (bicyclic) bond motifs is 1. The van der Waals surface area contributed by atoms with Crippen molar-refractivity contribution in [1.82, 2.24) is 0 Å². The van der Waals surface area contributed by atoms with Crippen LogP contribution in [-0.4, -0.2) is 6.04 Å². The Bertz CT molecular complexity index is 475. The lowest BCUT2D eigenvalue weighted by Crippen LogP contribution is -2.40. The van der Waals surface area contributed by atoms with Crippen molar-refractivity contribution in [2.24, 2.45) is 5.41 Å². The average molecular weight is 338 g/mol. The second-order valence-electron chi connectivity index (χ2n) is 7.82. The van der Waals surface area contributed by atoms with E-state index in [1.54, 1.807) is 0 Å². The van der Waals surface area contributed by atoms with Crippen molar-refractivity contribution in [1.29, 1.82) is 0 Å². The van der Waals surface area contributed by atoms with Gasteiger partial charge in [0.1, 0.15) is 0 Å². The largest absolute Gasteiger partial charge is 0.382 e. The van der Waals surface area contributed by atoms with Crippen LogP contribution in [0.4, 0.5) is 5.69 Å². The molecule has 20 heavy (non-hydrogen) atoms. The molecule has 1 aromatic carbocycles. The zero-order chi connectivity index (χ0) is 15.0. The minimum Gasteiger partial charge on any atom is -0.382 e. The van der Waals surface area contributed by atoms with E-state index in [1.807, 2.05) is 0 Å². The summed E-state index contributed by atoms with van der Waals surface area (Å²) in [5, 5.41) is 3.75. The number of benzene rings is 1. The minimum atomic E-state index is 0.266. The quantitative estimate of drug-likeness (QED) is 0.699. The van der Waals surface area contributed by atoms with Crippen LogP contribution in [0.15, 0.2) is 22.7 Å². The maximum absolute atomic E-state index is 3.75. The molecule has 0 radical (unpaired) electrons. The lowest BCUT2D eigenvalue weighted by molar-refractivity contribution is 0.239. The van der Waals surface area contributed by atoms with Gasteiger partial charge in [0.05, 0.1) is 0 Å². The van der Waals surface area contributed by atoms with E-state index in [9.17, 15) is 0 Å². The Labute approximate surface area is 132 Å². The monoisotopic (exact) mass is 337 g/mol. The molecule has 1 aromatic rings. The minimum absolute atomic E-state index is 0.266. The molecule has 0 bridgehead atoms. The summed E-state index contributed by atoms with van der Waals surface area (Å²) in [6.45, 7) is 11.8. The van der Waals surface area contributed by atoms with Crippen molar-refractivity contribution >= 4 is 21.6 Å². The van der Waals surface area contributed by atoms with Crippen molar-refractivity contribution in [2.75, 3.05) is 5.32 Å². The first kappa shape index (κ1) is 15.9. The van der Waals surface area contributed by atoms with Crippen LogP contribution >= 0.6 is 15.9 Å². The highest BCUT2D eigenvalue weighted by molar-refractivity contribution is 9.10. The van der Waals surface area contributed by atoms with E-state index in [2.05, 4.69) is 74.1 Å². The van der Waals surface area contributed by atoms with Gasteiger partial charge in [-0.15, -0.1) is 0 Å². The van der Waals surface area contributed by atoms with Crippen LogP contribution < -0.4 is 5.32 Å². The van der Waals surface area contributed by atoms with Gasteiger partial charge in [0.25, 0.3) is 0 Å². The molecule has 0 aromatic heterocycles. The van der Waals surface area contributed by atoms with Crippen LogP contribution in [0.3, 0.4) is 0 Å². The summed E-state index contributed by atoms with van der Waals surface area (Å²) in [6, 6.07) is 7.32. The molecular formula is C18H28BrN. The van der Waals surface area contributed by atoms with Gasteiger partial charge in [0, 0.05) is 16.2 Å². The van der Waals surface area contributed by atoms with Gasteiger partial charge in [-0.2, -0.15) is 0 Å². The van der Waals surface area contributed by atoms with Gasteiger partial charge in [-0.3, -0.25) is 0 Å². The lowest BCUT2D eigenvalue weighted by Gasteiger charge is -2.44. The second kappa shape index (κ2) is 5.71. The number of nitrogens with one attached hydrogen (secondary N) is 1. The van der Waals surface area contributed by atoms with E-state index < -0.39 is 0 Å². The molecule has 0 aliphatic carbocycles. The Morgan fingerprint density at radius 1 is 1.35 bits per heavy atom. The summed E-state index contributed by atoms with van der Waals surface area (Å²) >= 11 is 3.64. The summed E-state index contributed by atoms with van der Waals surface area (Å²) < 4.78 is 1.19. The van der Waals surface area contributed by atoms with Crippen LogP contribution in [0.5, 0.6) is 0 Å².